The number of hydrogen-bond donors (Lipinski definition) is 1. The number of pyridine rings is 1. The topological polar surface area (TPSA) is 63.6 Å². The van der Waals surface area contributed by atoms with E-state index in [1.54, 1.807) is 6.20 Å². The molecule has 0 aromatic carbocycles. The van der Waals surface area contributed by atoms with Gasteiger partial charge in [-0.1, -0.05) is 19.9 Å². The van der Waals surface area contributed by atoms with E-state index in [9.17, 15) is 0 Å². The zero-order valence-electron chi connectivity index (χ0n) is 12.1. The predicted molar refractivity (Wildman–Crippen MR) is 81.1 cm³/mol. The smallest absolute Gasteiger partial charge is 0.171 e. The Kier molecular flexibility index (Phi) is 11.8. The molecule has 0 aliphatic heterocycles. The van der Waals surface area contributed by atoms with Crippen LogP contribution in [0, 0.1) is 6.92 Å². The molecule has 0 amide bonds. The lowest BCUT2D eigenvalue weighted by Crippen LogP contribution is -2.14. The third-order valence-corrected chi connectivity index (χ3v) is 1.53. The molecule has 4 nitrogen and oxygen atoms in total. The van der Waals surface area contributed by atoms with Crippen molar-refractivity contribution in [2.45, 2.75) is 34.6 Å². The van der Waals surface area contributed by atoms with Crippen molar-refractivity contribution in [3.63, 3.8) is 0 Å². The van der Waals surface area contributed by atoms with Crippen molar-refractivity contribution in [3.8, 4) is 0 Å². The molecular weight excluding hydrogens is 224 g/mol. The molecule has 0 atom stereocenters. The predicted octanol–water partition coefficient (Wildman–Crippen LogP) is 3.32. The van der Waals surface area contributed by atoms with E-state index in [0.29, 0.717) is 11.5 Å². The van der Waals surface area contributed by atoms with Crippen LogP contribution in [0.15, 0.2) is 41.7 Å². The van der Waals surface area contributed by atoms with Crippen LogP contribution in [-0.2, 0) is 0 Å². The molecule has 1 aromatic heterocycles. The van der Waals surface area contributed by atoms with Gasteiger partial charge in [-0.3, -0.25) is 4.98 Å². The minimum absolute atomic E-state index is 0.339. The molecule has 1 aromatic rings. The Morgan fingerprint density at radius 3 is 2.11 bits per heavy atom. The van der Waals surface area contributed by atoms with Crippen molar-refractivity contribution in [2.75, 3.05) is 0 Å². The quantitative estimate of drug-likeness (QED) is 0.377. The highest BCUT2D eigenvalue weighted by Crippen LogP contribution is 1.98. The summed E-state index contributed by atoms with van der Waals surface area (Å²) in [5.41, 5.74) is 8.28. The van der Waals surface area contributed by atoms with Gasteiger partial charge in [0.1, 0.15) is 5.69 Å². The van der Waals surface area contributed by atoms with Crippen LogP contribution in [0.1, 0.15) is 39.0 Å². The SMILES string of the molecule is C=C.CC.CC(C)=N/N=C(\N)c1ccc(C)cn1. The highest BCUT2D eigenvalue weighted by atomic mass is 15.2. The van der Waals surface area contributed by atoms with Crippen LogP contribution in [0.25, 0.3) is 0 Å². The summed E-state index contributed by atoms with van der Waals surface area (Å²) in [6.45, 7) is 15.7. The molecule has 1 heterocycles. The number of rotatable bonds is 2. The van der Waals surface area contributed by atoms with Gasteiger partial charge in [-0.15, -0.1) is 18.3 Å². The Morgan fingerprint density at radius 2 is 1.72 bits per heavy atom. The molecule has 0 aliphatic rings. The van der Waals surface area contributed by atoms with Crippen molar-refractivity contribution >= 4 is 11.5 Å². The van der Waals surface area contributed by atoms with Gasteiger partial charge in [-0.25, -0.2) is 0 Å². The van der Waals surface area contributed by atoms with Gasteiger partial charge in [0.2, 0.25) is 0 Å². The summed E-state index contributed by atoms with van der Waals surface area (Å²) in [5, 5.41) is 7.71. The van der Waals surface area contributed by atoms with E-state index < -0.39 is 0 Å². The fourth-order valence-electron chi connectivity index (χ4n) is 0.824. The summed E-state index contributed by atoms with van der Waals surface area (Å²) in [5.74, 6) is 0.339. The number of aromatic nitrogens is 1. The maximum atomic E-state index is 5.67. The number of aryl methyl sites for hydroxylation is 1. The van der Waals surface area contributed by atoms with Gasteiger partial charge in [0, 0.05) is 11.9 Å². The standard InChI is InChI=1S/C10H14N4.C2H6.C2H4/c1-7(2)13-14-10(11)9-5-4-8(3)6-12-9;2*1-2/h4-6H,1-3H3,(H2,11,14);1-2H3;1-2H2. The van der Waals surface area contributed by atoms with Crippen LogP contribution in [0.5, 0.6) is 0 Å². The second-order valence-corrected chi connectivity index (χ2v) is 3.25. The molecule has 4 heteroatoms. The molecule has 0 unspecified atom stereocenters. The first-order chi connectivity index (χ1) is 8.59. The van der Waals surface area contributed by atoms with Gasteiger partial charge < -0.3 is 5.73 Å². The minimum atomic E-state index is 0.339. The molecule has 0 saturated heterocycles. The maximum absolute atomic E-state index is 5.67. The first-order valence-corrected chi connectivity index (χ1v) is 5.87. The Labute approximate surface area is 110 Å². The molecule has 0 saturated carbocycles. The maximum Gasteiger partial charge on any atom is 0.171 e. The average Bonchev–Trinajstić information content (AvgIpc) is 2.41. The van der Waals surface area contributed by atoms with Gasteiger partial charge in [-0.05, 0) is 32.4 Å². The van der Waals surface area contributed by atoms with Crippen molar-refractivity contribution < 1.29 is 0 Å². The second-order valence-electron chi connectivity index (χ2n) is 3.25. The lowest BCUT2D eigenvalue weighted by atomic mass is 10.3. The lowest BCUT2D eigenvalue weighted by molar-refractivity contribution is 1.17. The molecule has 0 bridgehead atoms. The molecule has 0 fully saturated rings. The van der Waals surface area contributed by atoms with Crippen LogP contribution in [0.3, 0.4) is 0 Å². The average molecular weight is 248 g/mol. The van der Waals surface area contributed by atoms with Crippen LogP contribution in [0.2, 0.25) is 0 Å². The normalized spacial score (nSPS) is 9.28. The highest BCUT2D eigenvalue weighted by molar-refractivity contribution is 5.96. The Morgan fingerprint density at radius 1 is 1.17 bits per heavy atom. The van der Waals surface area contributed by atoms with E-state index >= 15 is 0 Å². The third kappa shape index (κ3) is 8.21. The van der Waals surface area contributed by atoms with Crippen LogP contribution < -0.4 is 5.73 Å². The van der Waals surface area contributed by atoms with Crippen molar-refractivity contribution in [1.29, 1.82) is 0 Å². The van der Waals surface area contributed by atoms with Crippen molar-refractivity contribution in [3.05, 3.63) is 42.7 Å². The van der Waals surface area contributed by atoms with Gasteiger partial charge in [0.05, 0.1) is 0 Å². The molecule has 0 spiro atoms. The summed E-state index contributed by atoms with van der Waals surface area (Å²) < 4.78 is 0. The van der Waals surface area contributed by atoms with Crippen LogP contribution in [0.4, 0.5) is 0 Å². The zero-order chi connectivity index (χ0) is 14.6. The molecular formula is C14H24N4. The van der Waals surface area contributed by atoms with Crippen molar-refractivity contribution in [1.82, 2.24) is 4.98 Å². The second kappa shape index (κ2) is 11.5. The van der Waals surface area contributed by atoms with Gasteiger partial charge in [0.25, 0.3) is 0 Å². The molecule has 18 heavy (non-hydrogen) atoms. The monoisotopic (exact) mass is 248 g/mol. The molecule has 2 N–H and O–H groups in total. The van der Waals surface area contributed by atoms with Gasteiger partial charge >= 0.3 is 0 Å². The van der Waals surface area contributed by atoms with Crippen LogP contribution >= 0.6 is 0 Å². The highest BCUT2D eigenvalue weighted by Gasteiger charge is 1.98. The van der Waals surface area contributed by atoms with Crippen molar-refractivity contribution in [2.24, 2.45) is 15.9 Å². The Balaban J connectivity index is 0. The number of amidine groups is 1. The summed E-state index contributed by atoms with van der Waals surface area (Å²) >= 11 is 0. The first kappa shape index (κ1) is 18.4. The summed E-state index contributed by atoms with van der Waals surface area (Å²) in [7, 11) is 0. The van der Waals surface area contributed by atoms with E-state index in [0.717, 1.165) is 11.3 Å². The number of nitrogens with two attached hydrogens (primary N) is 1. The van der Waals surface area contributed by atoms with Gasteiger partial charge in [-0.2, -0.15) is 5.10 Å². The van der Waals surface area contributed by atoms with Crippen LogP contribution in [-0.4, -0.2) is 16.5 Å². The third-order valence-electron chi connectivity index (χ3n) is 1.53. The largest absolute Gasteiger partial charge is 0.380 e. The minimum Gasteiger partial charge on any atom is -0.380 e. The summed E-state index contributed by atoms with van der Waals surface area (Å²) in [6.07, 6.45) is 1.75. The Hall–Kier alpha value is -1.97. The van der Waals surface area contributed by atoms with E-state index in [1.165, 1.54) is 0 Å². The first-order valence-electron chi connectivity index (χ1n) is 5.87. The lowest BCUT2D eigenvalue weighted by Gasteiger charge is -1.97. The molecule has 1 rings (SSSR count). The fourth-order valence-corrected chi connectivity index (χ4v) is 0.824. The molecule has 0 radical (unpaired) electrons. The summed E-state index contributed by atoms with van der Waals surface area (Å²) in [6, 6.07) is 3.77. The van der Waals surface area contributed by atoms with E-state index in [1.807, 2.05) is 46.8 Å². The molecule has 100 valence electrons. The van der Waals surface area contributed by atoms with E-state index in [4.69, 9.17) is 5.73 Å². The molecule has 0 aliphatic carbocycles. The number of hydrogen-bond acceptors (Lipinski definition) is 3. The zero-order valence-corrected chi connectivity index (χ0v) is 12.1. The fraction of sp³-hybridized carbons (Fsp3) is 0.357. The Bertz CT molecular complexity index is 373. The summed E-state index contributed by atoms with van der Waals surface area (Å²) in [4.78, 5) is 4.13. The van der Waals surface area contributed by atoms with Gasteiger partial charge in [0.15, 0.2) is 5.84 Å². The van der Waals surface area contributed by atoms with E-state index in [2.05, 4.69) is 28.3 Å². The number of nitrogens with zero attached hydrogens (tertiary/aromatic N) is 3. The van der Waals surface area contributed by atoms with E-state index in [-0.39, 0.29) is 0 Å².